The Hall–Kier alpha value is -2.53. The van der Waals surface area contributed by atoms with E-state index in [0.29, 0.717) is 22.7 Å². The number of nitrogens with zero attached hydrogens (tertiary/aromatic N) is 1. The highest BCUT2D eigenvalue weighted by atomic mass is 127. The average molecular weight is 462 g/mol. The molecular formula is C20H19IN2O3. The highest BCUT2D eigenvalue weighted by Crippen LogP contribution is 2.34. The van der Waals surface area contributed by atoms with Gasteiger partial charge in [0.2, 0.25) is 0 Å². The lowest BCUT2D eigenvalue weighted by Gasteiger charge is -2.11. The molecule has 0 heterocycles. The molecule has 1 amide bonds. The Balaban J connectivity index is 2.34. The van der Waals surface area contributed by atoms with Crippen LogP contribution in [0.3, 0.4) is 0 Å². The zero-order chi connectivity index (χ0) is 19.1. The Morgan fingerprint density at radius 3 is 2.62 bits per heavy atom. The Morgan fingerprint density at radius 1 is 1.27 bits per heavy atom. The fraction of sp³-hybridized carbons (Fsp3) is 0.200. The summed E-state index contributed by atoms with van der Waals surface area (Å²) >= 11 is 2.12. The molecule has 5 nitrogen and oxygen atoms in total. The fourth-order valence-corrected chi connectivity index (χ4v) is 3.32. The summed E-state index contributed by atoms with van der Waals surface area (Å²) < 4.78 is 11.4. The standard InChI is InChI=1S/C20H19IN2O3/c1-4-14-7-5-6-8-17(14)23-20(24)15(12-22)9-13-10-16(21)19(26-3)18(11-13)25-2/h5-11H,4H2,1-3H3,(H,23,24)/b15-9+. The number of hydrogen-bond donors (Lipinski definition) is 1. The first-order valence-corrected chi connectivity index (χ1v) is 9.04. The van der Waals surface area contributed by atoms with Crippen molar-refractivity contribution in [2.75, 3.05) is 19.5 Å². The van der Waals surface area contributed by atoms with Gasteiger partial charge in [0.15, 0.2) is 11.5 Å². The van der Waals surface area contributed by atoms with Crippen LogP contribution >= 0.6 is 22.6 Å². The van der Waals surface area contributed by atoms with Gasteiger partial charge < -0.3 is 14.8 Å². The first-order valence-electron chi connectivity index (χ1n) is 7.96. The van der Waals surface area contributed by atoms with Gasteiger partial charge in [-0.05, 0) is 64.4 Å². The summed E-state index contributed by atoms with van der Waals surface area (Å²) in [7, 11) is 3.11. The maximum Gasteiger partial charge on any atom is 0.266 e. The number of ether oxygens (including phenoxy) is 2. The maximum atomic E-state index is 12.5. The van der Waals surface area contributed by atoms with Crippen molar-refractivity contribution < 1.29 is 14.3 Å². The Kier molecular flexibility index (Phi) is 7.04. The van der Waals surface area contributed by atoms with Crippen molar-refractivity contribution in [2.24, 2.45) is 0 Å². The molecule has 26 heavy (non-hydrogen) atoms. The van der Waals surface area contributed by atoms with Crippen LogP contribution in [-0.4, -0.2) is 20.1 Å². The van der Waals surface area contributed by atoms with E-state index >= 15 is 0 Å². The van der Waals surface area contributed by atoms with Gasteiger partial charge in [0.1, 0.15) is 11.6 Å². The number of para-hydroxylation sites is 1. The SMILES string of the molecule is CCc1ccccc1NC(=O)/C(C#N)=C/c1cc(I)c(OC)c(OC)c1. The second-order valence-electron chi connectivity index (χ2n) is 5.37. The van der Waals surface area contributed by atoms with E-state index in [1.807, 2.05) is 43.3 Å². The largest absolute Gasteiger partial charge is 0.493 e. The molecule has 0 unspecified atom stereocenters. The Morgan fingerprint density at radius 2 is 2.00 bits per heavy atom. The minimum atomic E-state index is -0.446. The number of rotatable bonds is 6. The van der Waals surface area contributed by atoms with E-state index in [9.17, 15) is 10.1 Å². The quantitative estimate of drug-likeness (QED) is 0.392. The van der Waals surface area contributed by atoms with Crippen LogP contribution in [0.5, 0.6) is 11.5 Å². The van der Waals surface area contributed by atoms with Gasteiger partial charge in [-0.2, -0.15) is 5.26 Å². The predicted octanol–water partition coefficient (Wildman–Crippen LogP) is 4.42. The lowest BCUT2D eigenvalue weighted by molar-refractivity contribution is -0.112. The molecule has 0 bridgehead atoms. The molecular weight excluding hydrogens is 443 g/mol. The van der Waals surface area contributed by atoms with Crippen LogP contribution in [0.1, 0.15) is 18.1 Å². The third kappa shape index (κ3) is 4.55. The molecule has 0 fully saturated rings. The van der Waals surface area contributed by atoms with Gasteiger partial charge in [-0.3, -0.25) is 4.79 Å². The van der Waals surface area contributed by atoms with E-state index in [0.717, 1.165) is 15.6 Å². The van der Waals surface area contributed by atoms with E-state index in [1.165, 1.54) is 6.08 Å². The van der Waals surface area contributed by atoms with Gasteiger partial charge in [0, 0.05) is 5.69 Å². The molecule has 0 aliphatic rings. The fourth-order valence-electron chi connectivity index (χ4n) is 2.48. The van der Waals surface area contributed by atoms with Crippen molar-refractivity contribution in [3.63, 3.8) is 0 Å². The molecule has 0 spiro atoms. The highest BCUT2D eigenvalue weighted by Gasteiger charge is 2.14. The number of hydrogen-bond acceptors (Lipinski definition) is 4. The number of anilines is 1. The number of halogens is 1. The highest BCUT2D eigenvalue weighted by molar-refractivity contribution is 14.1. The first-order chi connectivity index (χ1) is 12.5. The number of amides is 1. The van der Waals surface area contributed by atoms with Gasteiger partial charge in [-0.15, -0.1) is 0 Å². The average Bonchev–Trinajstić information content (AvgIpc) is 2.65. The van der Waals surface area contributed by atoms with Crippen LogP contribution in [0.2, 0.25) is 0 Å². The van der Waals surface area contributed by atoms with Gasteiger partial charge in [-0.1, -0.05) is 25.1 Å². The minimum Gasteiger partial charge on any atom is -0.493 e. The van der Waals surface area contributed by atoms with E-state index in [1.54, 1.807) is 20.3 Å². The number of methoxy groups -OCH3 is 2. The smallest absolute Gasteiger partial charge is 0.266 e. The third-order valence-corrected chi connectivity index (χ3v) is 4.58. The first kappa shape index (κ1) is 19.8. The Labute approximate surface area is 166 Å². The number of nitrogens with one attached hydrogen (secondary N) is 1. The molecule has 2 aromatic carbocycles. The molecule has 0 aliphatic heterocycles. The van der Waals surface area contributed by atoms with Crippen LogP contribution in [0.4, 0.5) is 5.69 Å². The summed E-state index contributed by atoms with van der Waals surface area (Å²) in [5.41, 5.74) is 2.42. The number of benzene rings is 2. The summed E-state index contributed by atoms with van der Waals surface area (Å²) in [5, 5.41) is 12.2. The monoisotopic (exact) mass is 462 g/mol. The molecule has 0 atom stereocenters. The number of nitriles is 1. The predicted molar refractivity (Wildman–Crippen MR) is 110 cm³/mol. The number of aryl methyl sites for hydroxylation is 1. The Bertz CT molecular complexity index is 885. The van der Waals surface area contributed by atoms with Crippen LogP contribution in [0, 0.1) is 14.9 Å². The molecule has 0 aromatic heterocycles. The van der Waals surface area contributed by atoms with E-state index in [-0.39, 0.29) is 5.57 Å². The van der Waals surface area contributed by atoms with Crippen LogP contribution in [0.15, 0.2) is 42.0 Å². The van der Waals surface area contributed by atoms with Crippen molar-refractivity contribution in [1.29, 1.82) is 5.26 Å². The van der Waals surface area contributed by atoms with Gasteiger partial charge >= 0.3 is 0 Å². The van der Waals surface area contributed by atoms with Crippen molar-refractivity contribution >= 4 is 40.3 Å². The molecule has 0 saturated carbocycles. The van der Waals surface area contributed by atoms with Crippen molar-refractivity contribution in [3.05, 3.63) is 56.7 Å². The van der Waals surface area contributed by atoms with Crippen molar-refractivity contribution in [3.8, 4) is 17.6 Å². The molecule has 0 aliphatic carbocycles. The normalized spacial score (nSPS) is 10.8. The zero-order valence-electron chi connectivity index (χ0n) is 14.8. The van der Waals surface area contributed by atoms with Crippen LogP contribution in [0.25, 0.3) is 6.08 Å². The van der Waals surface area contributed by atoms with Gasteiger partial charge in [0.25, 0.3) is 5.91 Å². The van der Waals surface area contributed by atoms with Gasteiger partial charge in [-0.25, -0.2) is 0 Å². The molecule has 0 saturated heterocycles. The topological polar surface area (TPSA) is 71.4 Å². The van der Waals surface area contributed by atoms with E-state index in [4.69, 9.17) is 9.47 Å². The van der Waals surface area contributed by atoms with Crippen molar-refractivity contribution in [2.45, 2.75) is 13.3 Å². The zero-order valence-corrected chi connectivity index (χ0v) is 17.0. The second-order valence-corrected chi connectivity index (χ2v) is 6.54. The summed E-state index contributed by atoms with van der Waals surface area (Å²) in [5.74, 6) is 0.711. The molecule has 2 rings (SSSR count). The third-order valence-electron chi connectivity index (χ3n) is 3.78. The second kappa shape index (κ2) is 9.25. The minimum absolute atomic E-state index is 0.0129. The lowest BCUT2D eigenvalue weighted by atomic mass is 10.1. The molecule has 6 heteroatoms. The van der Waals surface area contributed by atoms with E-state index in [2.05, 4.69) is 27.9 Å². The molecule has 134 valence electrons. The van der Waals surface area contributed by atoms with Crippen LogP contribution < -0.4 is 14.8 Å². The maximum absolute atomic E-state index is 12.5. The van der Waals surface area contributed by atoms with Crippen molar-refractivity contribution in [1.82, 2.24) is 0 Å². The van der Waals surface area contributed by atoms with E-state index < -0.39 is 5.91 Å². The summed E-state index contributed by atoms with van der Waals surface area (Å²) in [4.78, 5) is 12.5. The molecule has 2 aromatic rings. The molecule has 1 N–H and O–H groups in total. The molecule has 0 radical (unpaired) electrons. The van der Waals surface area contributed by atoms with Gasteiger partial charge in [0.05, 0.1) is 17.8 Å². The number of carbonyl (C=O) groups excluding carboxylic acids is 1. The summed E-state index contributed by atoms with van der Waals surface area (Å²) in [6.07, 6.45) is 2.32. The lowest BCUT2D eigenvalue weighted by Crippen LogP contribution is -2.14. The summed E-state index contributed by atoms with van der Waals surface area (Å²) in [6, 6.07) is 13.1. The number of carbonyl (C=O) groups is 1. The summed E-state index contributed by atoms with van der Waals surface area (Å²) in [6.45, 7) is 2.01. The van der Waals surface area contributed by atoms with Crippen LogP contribution in [-0.2, 0) is 11.2 Å².